The van der Waals surface area contributed by atoms with E-state index < -0.39 is 6.10 Å². The summed E-state index contributed by atoms with van der Waals surface area (Å²) < 4.78 is 0.796. The zero-order valence-electron chi connectivity index (χ0n) is 10.9. The van der Waals surface area contributed by atoms with Crippen molar-refractivity contribution in [1.29, 1.82) is 0 Å². The summed E-state index contributed by atoms with van der Waals surface area (Å²) in [6, 6.07) is 11.7. The first-order chi connectivity index (χ1) is 9.65. The Bertz CT molecular complexity index is 773. The van der Waals surface area contributed by atoms with Crippen LogP contribution < -0.4 is 0 Å². The summed E-state index contributed by atoms with van der Waals surface area (Å²) in [5.41, 5.74) is 3.23. The highest BCUT2D eigenvalue weighted by Crippen LogP contribution is 2.29. The van der Waals surface area contributed by atoms with E-state index in [4.69, 9.17) is 0 Å². The van der Waals surface area contributed by atoms with Crippen molar-refractivity contribution in [2.75, 3.05) is 0 Å². The number of para-hydroxylation sites is 1. The molecule has 100 valence electrons. The number of aryl methyl sites for hydroxylation is 1. The lowest BCUT2D eigenvalue weighted by Gasteiger charge is -2.13. The molecule has 3 rings (SSSR count). The molecule has 1 N–H and O–H groups in total. The monoisotopic (exact) mass is 328 g/mol. The summed E-state index contributed by atoms with van der Waals surface area (Å²) in [5.74, 6) is 0. The van der Waals surface area contributed by atoms with Gasteiger partial charge < -0.3 is 5.11 Å². The maximum absolute atomic E-state index is 10.5. The number of aliphatic hydroxyl groups excluding tert-OH is 1. The molecular formula is C16H13BrN2O. The molecule has 3 nitrogen and oxygen atoms in total. The number of hydrogen-bond acceptors (Lipinski definition) is 3. The molecule has 0 saturated carbocycles. The van der Waals surface area contributed by atoms with Crippen LogP contribution in [0.2, 0.25) is 0 Å². The van der Waals surface area contributed by atoms with Gasteiger partial charge >= 0.3 is 0 Å². The Kier molecular flexibility index (Phi) is 3.51. The Morgan fingerprint density at radius 1 is 1.15 bits per heavy atom. The Labute approximate surface area is 125 Å². The van der Waals surface area contributed by atoms with Gasteiger partial charge in [0.1, 0.15) is 6.10 Å². The first-order valence-electron chi connectivity index (χ1n) is 6.30. The van der Waals surface area contributed by atoms with E-state index in [0.717, 1.165) is 26.5 Å². The van der Waals surface area contributed by atoms with Crippen LogP contribution in [-0.4, -0.2) is 15.1 Å². The van der Waals surface area contributed by atoms with Crippen LogP contribution in [0, 0.1) is 6.92 Å². The van der Waals surface area contributed by atoms with Crippen molar-refractivity contribution < 1.29 is 5.11 Å². The fourth-order valence-corrected chi connectivity index (χ4v) is 2.73. The lowest BCUT2D eigenvalue weighted by atomic mass is 10.1. The number of aliphatic hydroxyl groups is 1. The quantitative estimate of drug-likeness (QED) is 0.778. The van der Waals surface area contributed by atoms with Gasteiger partial charge in [-0.15, -0.1) is 0 Å². The average Bonchev–Trinajstić information content (AvgIpc) is 2.46. The topological polar surface area (TPSA) is 46.0 Å². The van der Waals surface area contributed by atoms with Crippen LogP contribution in [0.4, 0.5) is 0 Å². The van der Waals surface area contributed by atoms with Crippen molar-refractivity contribution in [3.05, 3.63) is 70.1 Å². The molecule has 0 saturated heterocycles. The highest BCUT2D eigenvalue weighted by Gasteiger charge is 2.16. The number of pyridine rings is 2. The van der Waals surface area contributed by atoms with Crippen molar-refractivity contribution >= 4 is 26.8 Å². The maximum atomic E-state index is 10.5. The lowest BCUT2D eigenvalue weighted by molar-refractivity contribution is 0.214. The lowest BCUT2D eigenvalue weighted by Crippen LogP contribution is -2.04. The Morgan fingerprint density at radius 3 is 2.75 bits per heavy atom. The second kappa shape index (κ2) is 5.31. The first-order valence-corrected chi connectivity index (χ1v) is 7.09. The number of nitrogens with zero attached hydrogens (tertiary/aromatic N) is 2. The number of halogens is 1. The molecule has 0 amide bonds. The molecule has 2 aromatic heterocycles. The summed E-state index contributed by atoms with van der Waals surface area (Å²) in [7, 11) is 0. The van der Waals surface area contributed by atoms with Gasteiger partial charge in [0.25, 0.3) is 0 Å². The minimum absolute atomic E-state index is 0.608. The van der Waals surface area contributed by atoms with Gasteiger partial charge in [-0.3, -0.25) is 4.98 Å². The first kappa shape index (κ1) is 13.2. The molecule has 0 aliphatic rings. The Morgan fingerprint density at radius 2 is 1.95 bits per heavy atom. The van der Waals surface area contributed by atoms with Gasteiger partial charge in [0, 0.05) is 27.8 Å². The third-order valence-corrected chi connectivity index (χ3v) is 3.81. The van der Waals surface area contributed by atoms with E-state index in [9.17, 15) is 5.11 Å². The fraction of sp³-hybridized carbons (Fsp3) is 0.125. The maximum Gasteiger partial charge on any atom is 0.124 e. The molecule has 3 aromatic rings. The van der Waals surface area contributed by atoms with E-state index in [-0.39, 0.29) is 0 Å². The third-order valence-electron chi connectivity index (χ3n) is 3.18. The minimum Gasteiger partial charge on any atom is -0.382 e. The fourth-order valence-electron chi connectivity index (χ4n) is 2.18. The number of aromatic nitrogens is 2. The smallest absolute Gasteiger partial charge is 0.124 e. The van der Waals surface area contributed by atoms with Crippen molar-refractivity contribution in [2.24, 2.45) is 0 Å². The Balaban J connectivity index is 2.11. The number of benzene rings is 1. The average molecular weight is 329 g/mol. The summed E-state index contributed by atoms with van der Waals surface area (Å²) in [6.07, 6.45) is 2.64. The van der Waals surface area contributed by atoms with Gasteiger partial charge in [-0.2, -0.15) is 0 Å². The van der Waals surface area contributed by atoms with Gasteiger partial charge in [-0.05, 0) is 40.5 Å². The predicted octanol–water partition coefficient (Wildman–Crippen LogP) is 3.78. The summed E-state index contributed by atoms with van der Waals surface area (Å²) in [6.45, 7) is 1.95. The van der Waals surface area contributed by atoms with Gasteiger partial charge in [-0.25, -0.2) is 4.98 Å². The summed E-state index contributed by atoms with van der Waals surface area (Å²) >= 11 is 3.49. The second-order valence-electron chi connectivity index (χ2n) is 4.75. The van der Waals surface area contributed by atoms with Gasteiger partial charge in [0.2, 0.25) is 0 Å². The molecule has 1 atom stereocenters. The van der Waals surface area contributed by atoms with Gasteiger partial charge in [0.05, 0.1) is 11.2 Å². The molecule has 0 radical (unpaired) electrons. The van der Waals surface area contributed by atoms with Crippen LogP contribution in [-0.2, 0) is 0 Å². The van der Waals surface area contributed by atoms with E-state index in [1.54, 1.807) is 12.4 Å². The normalized spacial score (nSPS) is 12.6. The van der Waals surface area contributed by atoms with Crippen LogP contribution in [0.5, 0.6) is 0 Å². The zero-order valence-corrected chi connectivity index (χ0v) is 12.5. The molecule has 1 unspecified atom stereocenters. The SMILES string of the molecule is Cc1cncc(C(O)c2nc3ccccc3cc2Br)c1. The molecule has 1 aromatic carbocycles. The van der Waals surface area contributed by atoms with Crippen molar-refractivity contribution in [3.8, 4) is 0 Å². The Hall–Kier alpha value is -1.78. The molecule has 0 bridgehead atoms. The van der Waals surface area contributed by atoms with Gasteiger partial charge in [-0.1, -0.05) is 24.3 Å². The zero-order chi connectivity index (χ0) is 14.1. The van der Waals surface area contributed by atoms with E-state index in [2.05, 4.69) is 25.9 Å². The standard InChI is InChI=1S/C16H13BrN2O/c1-10-6-12(9-18-8-10)16(20)15-13(17)7-11-4-2-3-5-14(11)19-15/h2-9,16,20H,1H3. The second-order valence-corrected chi connectivity index (χ2v) is 5.60. The molecule has 2 heterocycles. The summed E-state index contributed by atoms with van der Waals surface area (Å²) in [5, 5.41) is 11.6. The number of rotatable bonds is 2. The van der Waals surface area contributed by atoms with Crippen LogP contribution in [0.25, 0.3) is 10.9 Å². The van der Waals surface area contributed by atoms with Crippen LogP contribution in [0.3, 0.4) is 0 Å². The molecule has 0 aliphatic carbocycles. The molecule has 0 fully saturated rings. The van der Waals surface area contributed by atoms with Crippen LogP contribution in [0.15, 0.2) is 53.3 Å². The molecule has 4 heteroatoms. The van der Waals surface area contributed by atoms with Crippen LogP contribution in [0.1, 0.15) is 22.9 Å². The van der Waals surface area contributed by atoms with Gasteiger partial charge in [0.15, 0.2) is 0 Å². The minimum atomic E-state index is -0.790. The van der Waals surface area contributed by atoms with Crippen molar-refractivity contribution in [3.63, 3.8) is 0 Å². The van der Waals surface area contributed by atoms with E-state index in [1.807, 2.05) is 43.3 Å². The number of hydrogen-bond donors (Lipinski definition) is 1. The van der Waals surface area contributed by atoms with E-state index in [0.29, 0.717) is 5.69 Å². The number of fused-ring (bicyclic) bond motifs is 1. The van der Waals surface area contributed by atoms with E-state index >= 15 is 0 Å². The third kappa shape index (κ3) is 2.44. The molecule has 0 aliphatic heterocycles. The van der Waals surface area contributed by atoms with Crippen LogP contribution >= 0.6 is 15.9 Å². The molecule has 20 heavy (non-hydrogen) atoms. The largest absolute Gasteiger partial charge is 0.382 e. The van der Waals surface area contributed by atoms with Crippen molar-refractivity contribution in [1.82, 2.24) is 9.97 Å². The van der Waals surface area contributed by atoms with E-state index in [1.165, 1.54) is 0 Å². The highest BCUT2D eigenvalue weighted by molar-refractivity contribution is 9.10. The van der Waals surface area contributed by atoms with Crippen molar-refractivity contribution in [2.45, 2.75) is 13.0 Å². The highest BCUT2D eigenvalue weighted by atomic mass is 79.9. The summed E-state index contributed by atoms with van der Waals surface area (Å²) in [4.78, 5) is 8.68. The predicted molar refractivity (Wildman–Crippen MR) is 82.5 cm³/mol. The molecule has 0 spiro atoms. The molecular weight excluding hydrogens is 316 g/mol.